The second-order valence-electron chi connectivity index (χ2n) is 18.0. The van der Waals surface area contributed by atoms with Crippen LogP contribution in [0.25, 0.3) is 43.8 Å². The van der Waals surface area contributed by atoms with Gasteiger partial charge in [-0.15, -0.1) is 69.1 Å². The van der Waals surface area contributed by atoms with E-state index in [4.69, 9.17) is 0 Å². The minimum atomic E-state index is 0. The van der Waals surface area contributed by atoms with Gasteiger partial charge in [0.05, 0.1) is 0 Å². The van der Waals surface area contributed by atoms with Crippen LogP contribution in [0, 0.1) is 24.7 Å². The van der Waals surface area contributed by atoms with Gasteiger partial charge in [-0.1, -0.05) is 105 Å². The molecule has 55 heavy (non-hydrogen) atoms. The van der Waals surface area contributed by atoms with E-state index >= 15 is 0 Å². The fourth-order valence-electron chi connectivity index (χ4n) is 11.2. The summed E-state index contributed by atoms with van der Waals surface area (Å²) in [5.74, 6) is 4.43. The van der Waals surface area contributed by atoms with Gasteiger partial charge in [-0.3, -0.25) is 0 Å². The first-order valence-electron chi connectivity index (χ1n) is 20.7. The molecular weight excluding hydrogens is 803 g/mol. The Morgan fingerprint density at radius 1 is 0.655 bits per heavy atom. The number of rotatable bonds is 5. The van der Waals surface area contributed by atoms with Crippen LogP contribution in [0.15, 0.2) is 109 Å². The maximum atomic E-state index is 2.47. The fraction of sp³-hybridized carbons (Fsp3) is 0.412. The van der Waals surface area contributed by atoms with Crippen LogP contribution < -0.4 is 24.8 Å². The van der Waals surface area contributed by atoms with E-state index in [2.05, 4.69) is 143 Å². The molecule has 0 unspecified atom stereocenters. The van der Waals surface area contributed by atoms with Gasteiger partial charge in [0.1, 0.15) is 0 Å². The van der Waals surface area contributed by atoms with Gasteiger partial charge in [-0.05, 0) is 109 Å². The van der Waals surface area contributed by atoms with Crippen molar-refractivity contribution >= 4 is 27.0 Å². The van der Waals surface area contributed by atoms with Gasteiger partial charge in [0.25, 0.3) is 0 Å². The smallest absolute Gasteiger partial charge is 0.00391 e. The molecule has 0 N–H and O–H groups in total. The Labute approximate surface area is 359 Å². The third-order valence-electron chi connectivity index (χ3n) is 13.2. The monoisotopic (exact) mass is 858 g/mol. The van der Waals surface area contributed by atoms with Gasteiger partial charge in [0, 0.05) is 0 Å². The Morgan fingerprint density at radius 3 is 1.64 bits per heavy atom. The summed E-state index contributed by atoms with van der Waals surface area (Å²) >= 11 is 1.74. The normalized spacial score (nSPS) is 22.4. The standard InChI is InChI=1S/C26H27.C23H25.C2H6Si.2ClH.Zr/c1-17-9-22-3-2-4-24(25(22)10-17)21-5-7-23(8-6-21)26-14-18-11-19(15-26)13-20(12-18)16-26;1-16(2)17-10-12-19(13-11-17)22-9-5-8-20-14-21(15-23(20)22)18-6-3-4-7-18;1-3-2;;;/h2-10,18-20H,11-16H2,1H3;5,8-16,18H,3-4,6-7H2,1-2H3;1-2H3;2*1H;/q2*-1;;;;+2/p-2. The van der Waals surface area contributed by atoms with Crippen LogP contribution in [0.3, 0.4) is 0 Å². The molecule has 5 fully saturated rings. The molecule has 0 nitrogen and oxygen atoms in total. The molecule has 11 rings (SSSR count). The van der Waals surface area contributed by atoms with Crippen molar-refractivity contribution in [1.82, 2.24) is 0 Å². The minimum absolute atomic E-state index is 0. The van der Waals surface area contributed by atoms with Gasteiger partial charge in [-0.25, -0.2) is 0 Å². The molecule has 0 aromatic heterocycles. The van der Waals surface area contributed by atoms with Crippen molar-refractivity contribution in [2.75, 3.05) is 0 Å². The minimum Gasteiger partial charge on any atom is -1.00 e. The molecule has 0 aliphatic heterocycles. The maximum Gasteiger partial charge on any atom is -0.00391 e. The Hall–Kier alpha value is -2.22. The number of halogens is 2. The molecule has 4 heteroatoms. The van der Waals surface area contributed by atoms with Crippen LogP contribution in [-0.4, -0.2) is 5.43 Å². The zero-order valence-electron chi connectivity index (χ0n) is 33.6. The van der Waals surface area contributed by atoms with Gasteiger partial charge in [-0.2, -0.15) is 12.1 Å². The zero-order chi connectivity index (χ0) is 36.7. The van der Waals surface area contributed by atoms with Crippen LogP contribution >= 0.6 is 0 Å². The van der Waals surface area contributed by atoms with E-state index in [9.17, 15) is 0 Å². The second kappa shape index (κ2) is 18.1. The van der Waals surface area contributed by atoms with Gasteiger partial charge < -0.3 is 24.8 Å². The number of hydrogen-bond donors (Lipinski definition) is 0. The molecule has 0 spiro atoms. The first kappa shape index (κ1) is 42.4. The van der Waals surface area contributed by atoms with E-state index in [0.29, 0.717) is 11.3 Å². The third kappa shape index (κ3) is 9.25. The Bertz CT molecular complexity index is 2160. The van der Waals surface area contributed by atoms with Crippen molar-refractivity contribution in [3.63, 3.8) is 0 Å². The first-order valence-corrected chi connectivity index (χ1v) is 26.9. The van der Waals surface area contributed by atoms with Crippen molar-refractivity contribution in [3.05, 3.63) is 131 Å². The molecule has 5 aliphatic rings. The van der Waals surface area contributed by atoms with Crippen molar-refractivity contribution in [1.29, 1.82) is 0 Å². The number of hydrogen-bond acceptors (Lipinski definition) is 0. The van der Waals surface area contributed by atoms with Crippen molar-refractivity contribution in [3.8, 4) is 22.3 Å². The Balaban J connectivity index is 0.000000166. The second-order valence-corrected chi connectivity index (χ2v) is 27.3. The quantitative estimate of drug-likeness (QED) is 0.120. The predicted octanol–water partition coefficient (Wildman–Crippen LogP) is 8.80. The summed E-state index contributed by atoms with van der Waals surface area (Å²) in [7, 11) is 0. The molecule has 0 amide bonds. The molecule has 5 aliphatic carbocycles. The molecule has 0 atom stereocenters. The molecule has 0 saturated heterocycles. The number of fused-ring (bicyclic) bond motifs is 2. The topological polar surface area (TPSA) is 0 Å². The summed E-state index contributed by atoms with van der Waals surface area (Å²) in [6, 6.07) is 41.8. The molecule has 0 radical (unpaired) electrons. The average molecular weight is 861 g/mol. The van der Waals surface area contributed by atoms with E-state index in [1.54, 1.807) is 34.5 Å². The van der Waals surface area contributed by atoms with E-state index in [0.717, 1.165) is 23.7 Å². The summed E-state index contributed by atoms with van der Waals surface area (Å²) < 4.78 is 0. The van der Waals surface area contributed by atoms with Crippen LogP contribution in [0.4, 0.5) is 0 Å². The average Bonchev–Trinajstić information content (AvgIpc) is 3.91. The summed E-state index contributed by atoms with van der Waals surface area (Å²) in [6.45, 7) is 11.3. The zero-order valence-corrected chi connectivity index (χ0v) is 38.6. The van der Waals surface area contributed by atoms with Crippen LogP contribution in [0.5, 0.6) is 0 Å². The largest absolute Gasteiger partial charge is 1.00 e. The van der Waals surface area contributed by atoms with Crippen LogP contribution in [-0.2, 0) is 28.8 Å². The SMILES string of the molecule is CC(C)c1ccc(-c2cccc3[cH-]c(C4CCCC4)cc23)cc1.C[Si](C)=[Zr+2].Cc1cc2c(-c3ccc(C45CC6CC(CC(C6)C4)C5)cc3)cccc2[cH-]1.[Cl-].[Cl-]. The van der Waals surface area contributed by atoms with E-state index in [1.807, 2.05) is 0 Å². The third-order valence-corrected chi connectivity index (χ3v) is 13.2. The van der Waals surface area contributed by atoms with Gasteiger partial charge in [0.2, 0.25) is 0 Å². The number of aryl methyl sites for hydroxylation is 1. The van der Waals surface area contributed by atoms with Crippen molar-refractivity contribution in [2.24, 2.45) is 17.8 Å². The predicted molar refractivity (Wildman–Crippen MR) is 227 cm³/mol. The summed E-state index contributed by atoms with van der Waals surface area (Å²) in [6.07, 6.45) is 14.5. The van der Waals surface area contributed by atoms with E-state index in [-0.39, 0.29) is 30.2 Å². The van der Waals surface area contributed by atoms with Crippen molar-refractivity contribution < 1.29 is 48.1 Å². The van der Waals surface area contributed by atoms with Gasteiger partial charge in [0.15, 0.2) is 0 Å². The molecule has 6 aromatic carbocycles. The van der Waals surface area contributed by atoms with E-state index < -0.39 is 0 Å². The number of benzene rings is 4. The molecule has 5 saturated carbocycles. The fourth-order valence-corrected chi connectivity index (χ4v) is 11.2. The van der Waals surface area contributed by atoms with E-state index in [1.165, 1.54) is 119 Å². The first-order chi connectivity index (χ1) is 25.6. The summed E-state index contributed by atoms with van der Waals surface area (Å²) in [5.41, 5.74) is 12.1. The maximum absolute atomic E-state index is 2.47. The Kier molecular flexibility index (Phi) is 14.0. The summed E-state index contributed by atoms with van der Waals surface area (Å²) in [4.78, 5) is 0. The van der Waals surface area contributed by atoms with Gasteiger partial charge >= 0.3 is 41.9 Å². The van der Waals surface area contributed by atoms with Crippen LogP contribution in [0.1, 0.15) is 112 Å². The molecular formula is C51H58Cl2SiZr-2. The molecule has 0 heterocycles. The van der Waals surface area contributed by atoms with Crippen molar-refractivity contribution in [2.45, 2.75) is 115 Å². The molecule has 4 bridgehead atoms. The molecule has 6 aromatic rings. The Morgan fingerprint density at radius 2 is 1.13 bits per heavy atom. The summed E-state index contributed by atoms with van der Waals surface area (Å²) in [5, 5.41) is 5.58. The molecule has 286 valence electrons. The van der Waals surface area contributed by atoms with Crippen LogP contribution in [0.2, 0.25) is 13.1 Å².